The summed E-state index contributed by atoms with van der Waals surface area (Å²) in [6.07, 6.45) is 1.74. The van der Waals surface area contributed by atoms with Gasteiger partial charge in [0.25, 0.3) is 5.91 Å². The first-order valence-electron chi connectivity index (χ1n) is 15.7. The molecule has 0 atom stereocenters. The lowest BCUT2D eigenvalue weighted by Gasteiger charge is -2.36. The van der Waals surface area contributed by atoms with Crippen LogP contribution in [-0.2, 0) is 31.3 Å². The predicted octanol–water partition coefficient (Wildman–Crippen LogP) is 4.98. The van der Waals surface area contributed by atoms with Crippen molar-refractivity contribution in [2.45, 2.75) is 32.6 Å². The van der Waals surface area contributed by atoms with Crippen LogP contribution in [0.4, 0.5) is 17.1 Å². The molecule has 0 unspecified atom stereocenters. The van der Waals surface area contributed by atoms with E-state index in [1.807, 2.05) is 12.1 Å². The molecule has 0 saturated carbocycles. The highest BCUT2D eigenvalue weighted by Crippen LogP contribution is 2.38. The second-order valence-electron chi connectivity index (χ2n) is 13.1. The number of sulfonamides is 1. The zero-order valence-electron chi connectivity index (χ0n) is 27.8. The normalized spacial score (nSPS) is 16.0. The standard InChI is InChI=1S/C35H46N4O6S/c1-35(2,3)27-8-11-29(32(22-27)38-17-15-37(4)16-18-38)25-7-10-30-26(21-25)13-14-39(34(30)40)28-9-12-33(45-24-44-20-19-43-5)31(23-28)36-46(6,41)42/h7-12,21-23,36H,13-20,24H2,1-6H3. The zero-order chi connectivity index (χ0) is 33.1. The number of piperazine rings is 1. The van der Waals surface area contributed by atoms with E-state index in [1.54, 1.807) is 30.2 Å². The Labute approximate surface area is 273 Å². The molecule has 0 aromatic heterocycles. The van der Waals surface area contributed by atoms with E-state index >= 15 is 0 Å². The number of benzene rings is 3. The summed E-state index contributed by atoms with van der Waals surface area (Å²) in [5, 5.41) is 0. The molecule has 1 fully saturated rings. The van der Waals surface area contributed by atoms with E-state index in [1.165, 1.54) is 16.8 Å². The summed E-state index contributed by atoms with van der Waals surface area (Å²) in [6.45, 7) is 11.8. The minimum atomic E-state index is -3.61. The zero-order valence-corrected chi connectivity index (χ0v) is 28.6. The van der Waals surface area contributed by atoms with Gasteiger partial charge >= 0.3 is 0 Å². The van der Waals surface area contributed by atoms with E-state index in [-0.39, 0.29) is 23.8 Å². The fourth-order valence-electron chi connectivity index (χ4n) is 5.85. The Morgan fingerprint density at radius 2 is 1.63 bits per heavy atom. The Kier molecular flexibility index (Phi) is 10.3. The number of anilines is 3. The van der Waals surface area contributed by atoms with Crippen molar-refractivity contribution in [1.82, 2.24) is 4.90 Å². The smallest absolute Gasteiger partial charge is 0.258 e. The molecule has 2 heterocycles. The minimum absolute atomic E-state index is 0.0322. The van der Waals surface area contributed by atoms with Gasteiger partial charge in [-0.1, -0.05) is 45.0 Å². The highest BCUT2D eigenvalue weighted by molar-refractivity contribution is 7.92. The summed E-state index contributed by atoms with van der Waals surface area (Å²) < 4.78 is 42.8. The monoisotopic (exact) mass is 650 g/mol. The number of fused-ring (bicyclic) bond motifs is 1. The number of hydrogen-bond donors (Lipinski definition) is 1. The first-order valence-corrected chi connectivity index (χ1v) is 17.6. The number of rotatable bonds is 11. The minimum Gasteiger partial charge on any atom is -0.465 e. The fourth-order valence-corrected chi connectivity index (χ4v) is 6.41. The van der Waals surface area contributed by atoms with Crippen LogP contribution in [0.1, 0.15) is 42.3 Å². The summed E-state index contributed by atoms with van der Waals surface area (Å²) in [5.74, 6) is 0.173. The Morgan fingerprint density at radius 3 is 2.33 bits per heavy atom. The molecule has 1 saturated heterocycles. The summed E-state index contributed by atoms with van der Waals surface area (Å²) in [6, 6.07) is 18.0. The number of likely N-dealkylation sites (N-methyl/N-ethyl adjacent to an activating group) is 1. The van der Waals surface area contributed by atoms with Crippen LogP contribution >= 0.6 is 0 Å². The number of nitrogens with one attached hydrogen (secondary N) is 1. The molecule has 248 valence electrons. The molecule has 0 bridgehead atoms. The number of methoxy groups -OCH3 is 1. The SMILES string of the molecule is COCCOCOc1ccc(N2CCc3cc(-c4ccc(C(C)(C)C)cc4N4CCN(C)CC4)ccc3C2=O)cc1NS(C)(=O)=O. The Hall–Kier alpha value is -3.64. The Balaban J connectivity index is 1.41. The molecule has 3 aromatic rings. The lowest BCUT2D eigenvalue weighted by atomic mass is 9.84. The van der Waals surface area contributed by atoms with E-state index in [0.29, 0.717) is 43.2 Å². The summed E-state index contributed by atoms with van der Waals surface area (Å²) in [7, 11) is 0.137. The molecule has 1 N–H and O–H groups in total. The van der Waals surface area contributed by atoms with Crippen molar-refractivity contribution in [3.05, 3.63) is 71.3 Å². The molecule has 1 amide bonds. The Morgan fingerprint density at radius 1 is 0.891 bits per heavy atom. The van der Waals surface area contributed by atoms with Gasteiger partial charge in [0.15, 0.2) is 6.79 Å². The molecule has 2 aliphatic heterocycles. The van der Waals surface area contributed by atoms with Gasteiger partial charge in [-0.3, -0.25) is 9.52 Å². The van der Waals surface area contributed by atoms with Crippen LogP contribution in [0.5, 0.6) is 5.75 Å². The third-order valence-electron chi connectivity index (χ3n) is 8.50. The highest BCUT2D eigenvalue weighted by atomic mass is 32.2. The Bertz CT molecular complexity index is 1660. The van der Waals surface area contributed by atoms with E-state index in [9.17, 15) is 13.2 Å². The average molecular weight is 651 g/mol. The first kappa shape index (κ1) is 33.7. The summed E-state index contributed by atoms with van der Waals surface area (Å²) in [4.78, 5) is 20.4. The van der Waals surface area contributed by atoms with Gasteiger partial charge in [-0.05, 0) is 65.9 Å². The van der Waals surface area contributed by atoms with Gasteiger partial charge in [0.05, 0.1) is 25.2 Å². The molecule has 10 nitrogen and oxygen atoms in total. The molecule has 11 heteroatoms. The molecular formula is C35H46N4O6S. The summed E-state index contributed by atoms with van der Waals surface area (Å²) >= 11 is 0. The van der Waals surface area contributed by atoms with Gasteiger partial charge < -0.3 is 28.9 Å². The number of ether oxygens (including phenoxy) is 3. The summed E-state index contributed by atoms with van der Waals surface area (Å²) in [5.41, 5.74) is 7.31. The average Bonchev–Trinajstić information content (AvgIpc) is 3.00. The molecule has 0 aliphatic carbocycles. The van der Waals surface area contributed by atoms with Crippen LogP contribution in [0, 0.1) is 0 Å². The molecule has 0 radical (unpaired) electrons. The maximum atomic E-state index is 13.8. The topological polar surface area (TPSA) is 101 Å². The predicted molar refractivity (Wildman–Crippen MR) is 184 cm³/mol. The van der Waals surface area contributed by atoms with Gasteiger partial charge in [0.2, 0.25) is 10.0 Å². The van der Waals surface area contributed by atoms with Crippen molar-refractivity contribution in [3.63, 3.8) is 0 Å². The third-order valence-corrected chi connectivity index (χ3v) is 9.09. The first-order chi connectivity index (χ1) is 21.8. The number of carbonyl (C=O) groups is 1. The number of hydrogen-bond acceptors (Lipinski definition) is 8. The number of nitrogens with zero attached hydrogens (tertiary/aromatic N) is 3. The van der Waals surface area contributed by atoms with E-state index in [2.05, 4.69) is 66.6 Å². The molecule has 46 heavy (non-hydrogen) atoms. The van der Waals surface area contributed by atoms with Gasteiger partial charge in [-0.2, -0.15) is 0 Å². The van der Waals surface area contributed by atoms with E-state index in [4.69, 9.17) is 14.2 Å². The maximum Gasteiger partial charge on any atom is 0.258 e. The van der Waals surface area contributed by atoms with Crippen molar-refractivity contribution < 1.29 is 27.4 Å². The van der Waals surface area contributed by atoms with Crippen molar-refractivity contribution in [1.29, 1.82) is 0 Å². The quantitative estimate of drug-likeness (QED) is 0.229. The van der Waals surface area contributed by atoms with Crippen molar-refractivity contribution in [2.24, 2.45) is 0 Å². The van der Waals surface area contributed by atoms with Gasteiger partial charge in [-0.25, -0.2) is 8.42 Å². The van der Waals surface area contributed by atoms with Gasteiger partial charge in [0, 0.05) is 62.3 Å². The maximum absolute atomic E-state index is 13.8. The van der Waals surface area contributed by atoms with Crippen LogP contribution in [0.2, 0.25) is 0 Å². The molecule has 2 aliphatic rings. The lowest BCUT2D eigenvalue weighted by Crippen LogP contribution is -2.44. The van der Waals surface area contributed by atoms with Gasteiger partial charge in [0.1, 0.15) is 5.75 Å². The molecular weight excluding hydrogens is 604 g/mol. The van der Waals surface area contributed by atoms with Crippen LogP contribution in [0.3, 0.4) is 0 Å². The third kappa shape index (κ3) is 8.01. The second kappa shape index (κ2) is 14.0. The number of amides is 1. The largest absolute Gasteiger partial charge is 0.465 e. The highest BCUT2D eigenvalue weighted by Gasteiger charge is 2.28. The van der Waals surface area contributed by atoms with Crippen LogP contribution in [0.25, 0.3) is 11.1 Å². The number of carbonyl (C=O) groups excluding carboxylic acids is 1. The fraction of sp³-hybridized carbons (Fsp3) is 0.457. The van der Waals surface area contributed by atoms with Crippen LogP contribution in [-0.4, -0.2) is 92.4 Å². The second-order valence-corrected chi connectivity index (χ2v) is 14.8. The van der Waals surface area contributed by atoms with Crippen molar-refractivity contribution in [2.75, 3.05) is 87.7 Å². The molecule has 3 aromatic carbocycles. The molecule has 5 rings (SSSR count). The van der Waals surface area contributed by atoms with E-state index in [0.717, 1.165) is 43.6 Å². The van der Waals surface area contributed by atoms with Crippen molar-refractivity contribution in [3.8, 4) is 16.9 Å². The lowest BCUT2D eigenvalue weighted by molar-refractivity contribution is -0.00814. The van der Waals surface area contributed by atoms with Gasteiger partial charge in [-0.15, -0.1) is 0 Å². The van der Waals surface area contributed by atoms with Crippen LogP contribution in [0.15, 0.2) is 54.6 Å². The van der Waals surface area contributed by atoms with Crippen LogP contribution < -0.4 is 19.3 Å². The molecule has 0 spiro atoms. The van der Waals surface area contributed by atoms with E-state index < -0.39 is 10.0 Å². The van der Waals surface area contributed by atoms with Crippen molar-refractivity contribution >= 4 is 33.0 Å².